The van der Waals surface area contributed by atoms with Crippen LogP contribution in [0.4, 0.5) is 14.7 Å². The third-order valence-electron chi connectivity index (χ3n) is 4.58. The highest BCUT2D eigenvalue weighted by Crippen LogP contribution is 2.39. The molecule has 3 heterocycles. The molecule has 0 aliphatic carbocycles. The second kappa shape index (κ2) is 6.95. The second-order valence-corrected chi connectivity index (χ2v) is 6.80. The predicted molar refractivity (Wildman–Crippen MR) is 90.6 cm³/mol. The van der Waals surface area contributed by atoms with E-state index in [1.165, 1.54) is 17.6 Å². The van der Waals surface area contributed by atoms with Gasteiger partial charge in [0.2, 0.25) is 5.95 Å². The van der Waals surface area contributed by atoms with Gasteiger partial charge in [-0.3, -0.25) is 0 Å². The number of aliphatic hydroxyl groups is 1. The van der Waals surface area contributed by atoms with Crippen LogP contribution in [0.25, 0.3) is 5.52 Å². The van der Waals surface area contributed by atoms with E-state index in [-0.39, 0.29) is 40.4 Å². The van der Waals surface area contributed by atoms with Gasteiger partial charge in [-0.15, -0.1) is 5.10 Å². The van der Waals surface area contributed by atoms with Crippen LogP contribution in [0.5, 0.6) is 0 Å². The maximum absolute atomic E-state index is 13.9. The van der Waals surface area contributed by atoms with Crippen molar-refractivity contribution >= 4 is 23.1 Å². The van der Waals surface area contributed by atoms with Crippen molar-refractivity contribution in [3.05, 3.63) is 22.5 Å². The Labute approximate surface area is 153 Å². The lowest BCUT2D eigenvalue weighted by Crippen LogP contribution is -2.42. The van der Waals surface area contributed by atoms with Crippen LogP contribution in [0.3, 0.4) is 0 Å². The lowest BCUT2D eigenvalue weighted by Gasteiger charge is -2.28. The van der Waals surface area contributed by atoms with Crippen LogP contribution in [-0.2, 0) is 4.74 Å². The molecule has 1 unspecified atom stereocenters. The zero-order valence-corrected chi connectivity index (χ0v) is 15.0. The number of nitrogens with zero attached hydrogens (tertiary/aromatic N) is 4. The van der Waals surface area contributed by atoms with Gasteiger partial charge in [0.25, 0.3) is 5.92 Å². The monoisotopic (exact) mass is 385 g/mol. The van der Waals surface area contributed by atoms with E-state index in [2.05, 4.69) is 15.4 Å². The topological polar surface area (TPSA) is 95.5 Å². The highest BCUT2D eigenvalue weighted by atomic mass is 35.5. The van der Waals surface area contributed by atoms with E-state index in [0.29, 0.717) is 13.0 Å². The quantitative estimate of drug-likeness (QED) is 0.839. The zero-order chi connectivity index (χ0) is 19.1. The van der Waals surface area contributed by atoms with Crippen molar-refractivity contribution in [3.8, 4) is 6.07 Å². The van der Waals surface area contributed by atoms with E-state index < -0.39 is 17.9 Å². The number of fused-ring (bicyclic) bond motifs is 1. The first-order chi connectivity index (χ1) is 12.2. The summed E-state index contributed by atoms with van der Waals surface area (Å²) in [6.07, 6.45) is 1.19. The Bertz CT molecular complexity index is 861. The van der Waals surface area contributed by atoms with Crippen molar-refractivity contribution in [2.75, 3.05) is 18.5 Å². The molecule has 2 aromatic heterocycles. The molecule has 1 saturated heterocycles. The highest BCUT2D eigenvalue weighted by Gasteiger charge is 2.37. The van der Waals surface area contributed by atoms with Crippen LogP contribution in [0.1, 0.15) is 37.4 Å². The number of hydrogen-bond acceptors (Lipinski definition) is 6. The van der Waals surface area contributed by atoms with E-state index in [1.807, 2.05) is 6.07 Å². The molecule has 26 heavy (non-hydrogen) atoms. The third kappa shape index (κ3) is 3.32. The van der Waals surface area contributed by atoms with Crippen LogP contribution >= 0.6 is 11.6 Å². The third-order valence-corrected chi connectivity index (χ3v) is 4.97. The molecular formula is C16H18ClF2N5O2. The summed E-state index contributed by atoms with van der Waals surface area (Å²) in [4.78, 5) is 4.13. The SMILES string of the molecule is CC(c1c(C#N)c(Cl)c2cnc(N[C@@H]3CCOC[C@H]3O)nn12)C(C)(F)F. The van der Waals surface area contributed by atoms with Crippen LogP contribution in [0.15, 0.2) is 6.20 Å². The van der Waals surface area contributed by atoms with Crippen LogP contribution in [0, 0.1) is 11.3 Å². The van der Waals surface area contributed by atoms with Gasteiger partial charge in [0.05, 0.1) is 47.1 Å². The molecule has 10 heteroatoms. The zero-order valence-electron chi connectivity index (χ0n) is 14.2. The fraction of sp³-hybridized carbons (Fsp3) is 0.562. The Hall–Kier alpha value is -2.02. The number of nitriles is 1. The molecular weight excluding hydrogens is 368 g/mol. The van der Waals surface area contributed by atoms with E-state index >= 15 is 0 Å². The molecule has 140 valence electrons. The van der Waals surface area contributed by atoms with Crippen LogP contribution in [-0.4, -0.2) is 51.0 Å². The number of alkyl halides is 2. The van der Waals surface area contributed by atoms with Crippen molar-refractivity contribution in [1.29, 1.82) is 5.26 Å². The van der Waals surface area contributed by atoms with Gasteiger partial charge in [-0.1, -0.05) is 18.5 Å². The maximum Gasteiger partial charge on any atom is 0.253 e. The van der Waals surface area contributed by atoms with E-state index in [9.17, 15) is 19.1 Å². The van der Waals surface area contributed by atoms with Crippen molar-refractivity contribution < 1.29 is 18.6 Å². The van der Waals surface area contributed by atoms with Crippen molar-refractivity contribution in [3.63, 3.8) is 0 Å². The summed E-state index contributed by atoms with van der Waals surface area (Å²) in [6, 6.07) is 1.56. The molecule has 3 atom stereocenters. The van der Waals surface area contributed by atoms with E-state index in [1.54, 1.807) is 0 Å². The van der Waals surface area contributed by atoms with Crippen molar-refractivity contribution in [2.24, 2.45) is 0 Å². The Balaban J connectivity index is 2.06. The molecule has 7 nitrogen and oxygen atoms in total. The van der Waals surface area contributed by atoms with Gasteiger partial charge < -0.3 is 15.2 Å². The smallest absolute Gasteiger partial charge is 0.253 e. The summed E-state index contributed by atoms with van der Waals surface area (Å²) in [5.41, 5.74) is 0.253. The number of halogens is 3. The van der Waals surface area contributed by atoms with Gasteiger partial charge in [0.15, 0.2) is 0 Å². The molecule has 1 fully saturated rings. The molecule has 0 spiro atoms. The molecule has 3 rings (SSSR count). The van der Waals surface area contributed by atoms with Gasteiger partial charge in [0.1, 0.15) is 11.6 Å². The fourth-order valence-electron chi connectivity index (χ4n) is 2.90. The first kappa shape index (κ1) is 18.8. The molecule has 0 bridgehead atoms. The Morgan fingerprint density at radius 2 is 2.31 bits per heavy atom. The number of anilines is 1. The van der Waals surface area contributed by atoms with Gasteiger partial charge in [-0.25, -0.2) is 18.3 Å². The summed E-state index contributed by atoms with van der Waals surface area (Å²) < 4.78 is 34.2. The molecule has 0 aromatic carbocycles. The van der Waals surface area contributed by atoms with Gasteiger partial charge in [0, 0.05) is 13.5 Å². The first-order valence-electron chi connectivity index (χ1n) is 8.11. The van der Waals surface area contributed by atoms with Gasteiger partial charge in [-0.2, -0.15) is 5.26 Å². The highest BCUT2D eigenvalue weighted by molar-refractivity contribution is 6.35. The van der Waals surface area contributed by atoms with Gasteiger partial charge in [-0.05, 0) is 6.42 Å². The Morgan fingerprint density at radius 3 is 2.92 bits per heavy atom. The number of hydrogen-bond donors (Lipinski definition) is 2. The second-order valence-electron chi connectivity index (χ2n) is 6.42. The summed E-state index contributed by atoms with van der Waals surface area (Å²) in [7, 11) is 0. The minimum Gasteiger partial charge on any atom is -0.389 e. The van der Waals surface area contributed by atoms with E-state index in [4.69, 9.17) is 16.3 Å². The lowest BCUT2D eigenvalue weighted by molar-refractivity contribution is -0.0136. The fourth-order valence-corrected chi connectivity index (χ4v) is 3.17. The molecule has 0 amide bonds. The normalized spacial score (nSPS) is 22.2. The van der Waals surface area contributed by atoms with Gasteiger partial charge >= 0.3 is 0 Å². The number of rotatable bonds is 4. The number of aromatic nitrogens is 3. The molecule has 2 aromatic rings. The summed E-state index contributed by atoms with van der Waals surface area (Å²) in [5, 5.41) is 26.6. The van der Waals surface area contributed by atoms with E-state index in [0.717, 1.165) is 6.92 Å². The minimum atomic E-state index is -3.07. The molecule has 1 aliphatic heterocycles. The number of ether oxygens (including phenoxy) is 1. The average Bonchev–Trinajstić information content (AvgIpc) is 2.87. The first-order valence-corrected chi connectivity index (χ1v) is 8.49. The number of nitrogens with one attached hydrogen (secondary N) is 1. The largest absolute Gasteiger partial charge is 0.389 e. The molecule has 0 saturated carbocycles. The Kier molecular flexibility index (Phi) is 5.01. The average molecular weight is 386 g/mol. The number of aliphatic hydroxyl groups excluding tert-OH is 1. The molecule has 0 radical (unpaired) electrons. The van der Waals surface area contributed by atoms with Crippen LogP contribution in [0.2, 0.25) is 5.02 Å². The lowest BCUT2D eigenvalue weighted by atomic mass is 9.98. The summed E-state index contributed by atoms with van der Waals surface area (Å²) in [5.74, 6) is -4.21. The van der Waals surface area contributed by atoms with Crippen molar-refractivity contribution in [2.45, 2.75) is 44.3 Å². The maximum atomic E-state index is 13.9. The molecule has 2 N–H and O–H groups in total. The predicted octanol–water partition coefficient (Wildman–Crippen LogP) is 2.57. The van der Waals surface area contributed by atoms with Crippen LogP contribution < -0.4 is 5.32 Å². The Morgan fingerprint density at radius 1 is 1.58 bits per heavy atom. The molecule has 1 aliphatic rings. The summed E-state index contributed by atoms with van der Waals surface area (Å²) >= 11 is 6.18. The standard InChI is InChI=1S/C16H18ClF2N5O2/c1-8(16(2,18)19)14-9(5-20)13(17)11-6-21-15(23-24(11)14)22-10-3-4-26-7-12(10)25/h6,8,10,12,25H,3-4,7H2,1-2H3,(H,22,23)/t8?,10-,12-/m1/s1. The summed E-state index contributed by atoms with van der Waals surface area (Å²) in [6.45, 7) is 2.77. The van der Waals surface area contributed by atoms with Crippen molar-refractivity contribution in [1.82, 2.24) is 14.6 Å². The minimum absolute atomic E-state index is 0.0259.